The molecule has 0 aliphatic heterocycles. The van der Waals surface area contributed by atoms with Crippen LogP contribution in [0.3, 0.4) is 0 Å². The van der Waals surface area contributed by atoms with Crippen molar-refractivity contribution in [1.29, 1.82) is 0 Å². The Morgan fingerprint density at radius 1 is 1.41 bits per heavy atom. The number of methoxy groups -OCH3 is 1. The molecule has 1 rings (SSSR count). The Kier molecular flexibility index (Phi) is 4.46. The Hall–Kier alpha value is -1.16. The third kappa shape index (κ3) is 4.30. The molecule has 0 aliphatic rings. The van der Waals surface area contributed by atoms with Crippen molar-refractivity contribution in [2.45, 2.75) is 31.3 Å². The number of thioether (sulfide) groups is 1. The Balaban J connectivity index is 2.87. The summed E-state index contributed by atoms with van der Waals surface area (Å²) >= 11 is 1.82. The Morgan fingerprint density at radius 3 is 2.53 bits per heavy atom. The van der Waals surface area contributed by atoms with E-state index in [0.29, 0.717) is 5.75 Å². The van der Waals surface area contributed by atoms with Gasteiger partial charge in [-0.3, -0.25) is 0 Å². The molecule has 1 aromatic carbocycles. The lowest BCUT2D eigenvalue weighted by molar-refractivity contribution is 0.0693. The first kappa shape index (κ1) is 13.9. The highest BCUT2D eigenvalue weighted by molar-refractivity contribution is 7.99. The van der Waals surface area contributed by atoms with Gasteiger partial charge < -0.3 is 9.84 Å². The fourth-order valence-electron chi connectivity index (χ4n) is 1.30. The number of carbonyl (C=O) groups is 1. The van der Waals surface area contributed by atoms with Gasteiger partial charge >= 0.3 is 5.97 Å². The van der Waals surface area contributed by atoms with Crippen molar-refractivity contribution < 1.29 is 14.6 Å². The molecule has 0 saturated carbocycles. The molecule has 0 unspecified atom stereocenters. The predicted octanol–water partition coefficient (Wildman–Crippen LogP) is 3.43. The van der Waals surface area contributed by atoms with Crippen molar-refractivity contribution in [2.75, 3.05) is 7.11 Å². The van der Waals surface area contributed by atoms with E-state index in [-0.39, 0.29) is 10.3 Å². The van der Waals surface area contributed by atoms with Gasteiger partial charge in [0.05, 0.1) is 7.11 Å². The summed E-state index contributed by atoms with van der Waals surface area (Å²) in [5.74, 6) is 0.307. The van der Waals surface area contributed by atoms with E-state index < -0.39 is 5.97 Å². The topological polar surface area (TPSA) is 46.5 Å². The van der Waals surface area contributed by atoms with Crippen molar-refractivity contribution >= 4 is 17.7 Å². The number of carboxylic acids is 1. The van der Waals surface area contributed by atoms with Gasteiger partial charge in [0.15, 0.2) is 0 Å². The van der Waals surface area contributed by atoms with Crippen LogP contribution in [0.1, 0.15) is 36.7 Å². The predicted molar refractivity (Wildman–Crippen MR) is 71.0 cm³/mol. The van der Waals surface area contributed by atoms with Crippen molar-refractivity contribution in [3.63, 3.8) is 0 Å². The lowest BCUT2D eigenvalue weighted by Crippen LogP contribution is -2.07. The van der Waals surface area contributed by atoms with Gasteiger partial charge in [0.1, 0.15) is 11.3 Å². The molecule has 1 aromatic rings. The number of aromatic carboxylic acids is 1. The maximum Gasteiger partial charge on any atom is 0.339 e. The molecule has 0 amide bonds. The first-order valence-electron chi connectivity index (χ1n) is 5.37. The maximum atomic E-state index is 10.9. The third-order valence-electron chi connectivity index (χ3n) is 2.17. The molecular formula is C13H18O3S. The van der Waals surface area contributed by atoms with Crippen molar-refractivity contribution in [1.82, 2.24) is 0 Å². The monoisotopic (exact) mass is 254 g/mol. The van der Waals surface area contributed by atoms with E-state index in [0.717, 1.165) is 11.3 Å². The molecule has 0 radical (unpaired) electrons. The smallest absolute Gasteiger partial charge is 0.339 e. The molecule has 4 heteroatoms. The molecule has 0 aliphatic carbocycles. The average Bonchev–Trinajstić information content (AvgIpc) is 2.24. The summed E-state index contributed by atoms with van der Waals surface area (Å²) in [6.07, 6.45) is 0. The standard InChI is InChI=1S/C13H18O3S/c1-13(2,3)17-8-9-5-6-10(12(14)15)11(7-9)16-4/h5-7H,8H2,1-4H3,(H,14,15). The molecule has 17 heavy (non-hydrogen) atoms. The van der Waals surface area contributed by atoms with Crippen LogP contribution in [0.15, 0.2) is 18.2 Å². The molecule has 3 nitrogen and oxygen atoms in total. The number of hydrogen-bond donors (Lipinski definition) is 1. The highest BCUT2D eigenvalue weighted by atomic mass is 32.2. The molecule has 0 aromatic heterocycles. The highest BCUT2D eigenvalue weighted by Gasteiger charge is 2.14. The first-order chi connectivity index (χ1) is 7.83. The molecular weight excluding hydrogens is 236 g/mol. The number of ether oxygens (including phenoxy) is 1. The molecule has 0 spiro atoms. The highest BCUT2D eigenvalue weighted by Crippen LogP contribution is 2.29. The van der Waals surface area contributed by atoms with Crippen molar-refractivity contribution in [2.24, 2.45) is 0 Å². The molecule has 0 saturated heterocycles. The molecule has 0 heterocycles. The number of benzene rings is 1. The van der Waals surface area contributed by atoms with Crippen LogP contribution in [0.4, 0.5) is 0 Å². The van der Waals surface area contributed by atoms with Gasteiger partial charge in [-0.05, 0) is 17.7 Å². The third-order valence-corrected chi connectivity index (χ3v) is 3.51. The Bertz CT molecular complexity index is 408. The SMILES string of the molecule is COc1cc(CSC(C)(C)C)ccc1C(=O)O. The van der Waals surface area contributed by atoms with Crippen LogP contribution >= 0.6 is 11.8 Å². The summed E-state index contributed by atoms with van der Waals surface area (Å²) < 4.78 is 5.28. The van der Waals surface area contributed by atoms with Crippen LogP contribution in [0.5, 0.6) is 5.75 Å². The van der Waals surface area contributed by atoms with E-state index in [1.807, 2.05) is 17.8 Å². The zero-order valence-corrected chi connectivity index (χ0v) is 11.4. The van der Waals surface area contributed by atoms with Gasteiger partial charge in [0, 0.05) is 10.5 Å². The second-order valence-corrected chi connectivity index (χ2v) is 6.54. The van der Waals surface area contributed by atoms with Gasteiger partial charge in [-0.25, -0.2) is 4.79 Å². The Morgan fingerprint density at radius 2 is 2.06 bits per heavy atom. The summed E-state index contributed by atoms with van der Waals surface area (Å²) in [4.78, 5) is 10.9. The summed E-state index contributed by atoms with van der Waals surface area (Å²) in [7, 11) is 1.49. The number of hydrogen-bond acceptors (Lipinski definition) is 3. The van der Waals surface area contributed by atoms with E-state index in [1.165, 1.54) is 7.11 Å². The quantitative estimate of drug-likeness (QED) is 0.894. The van der Waals surface area contributed by atoms with Crippen LogP contribution in [0.25, 0.3) is 0 Å². The summed E-state index contributed by atoms with van der Waals surface area (Å²) in [6, 6.07) is 5.23. The molecule has 1 N–H and O–H groups in total. The van der Waals surface area contributed by atoms with Gasteiger partial charge in [-0.1, -0.05) is 26.8 Å². The fraction of sp³-hybridized carbons (Fsp3) is 0.462. The second kappa shape index (κ2) is 5.45. The first-order valence-corrected chi connectivity index (χ1v) is 6.36. The summed E-state index contributed by atoms with van der Waals surface area (Å²) in [5.41, 5.74) is 1.28. The molecule has 0 fully saturated rings. The minimum absolute atomic E-state index is 0.193. The fourth-order valence-corrected chi connectivity index (χ4v) is 2.08. The zero-order chi connectivity index (χ0) is 13.1. The van der Waals surface area contributed by atoms with Gasteiger partial charge in [0.25, 0.3) is 0 Å². The van der Waals surface area contributed by atoms with Gasteiger partial charge in [0.2, 0.25) is 0 Å². The van der Waals surface area contributed by atoms with Crippen molar-refractivity contribution in [3.05, 3.63) is 29.3 Å². The van der Waals surface area contributed by atoms with Crippen LogP contribution in [-0.4, -0.2) is 22.9 Å². The maximum absolute atomic E-state index is 10.9. The van der Waals surface area contributed by atoms with Gasteiger partial charge in [-0.15, -0.1) is 0 Å². The Labute approximate surface area is 106 Å². The summed E-state index contributed by atoms with van der Waals surface area (Å²) in [6.45, 7) is 6.46. The van der Waals surface area contributed by atoms with Crippen LogP contribution in [0.2, 0.25) is 0 Å². The minimum atomic E-state index is -0.961. The average molecular weight is 254 g/mol. The van der Waals surface area contributed by atoms with Gasteiger partial charge in [-0.2, -0.15) is 11.8 Å². The van der Waals surface area contributed by atoms with E-state index in [9.17, 15) is 4.79 Å². The van der Waals surface area contributed by atoms with E-state index in [4.69, 9.17) is 9.84 Å². The van der Waals surface area contributed by atoms with E-state index in [1.54, 1.807) is 12.1 Å². The van der Waals surface area contributed by atoms with E-state index >= 15 is 0 Å². The molecule has 0 bridgehead atoms. The molecule has 94 valence electrons. The largest absolute Gasteiger partial charge is 0.496 e. The molecule has 0 atom stereocenters. The second-order valence-electron chi connectivity index (χ2n) is 4.74. The minimum Gasteiger partial charge on any atom is -0.496 e. The van der Waals surface area contributed by atoms with Crippen LogP contribution in [0, 0.1) is 0 Å². The lowest BCUT2D eigenvalue weighted by Gasteiger charge is -2.17. The number of rotatable bonds is 4. The number of carboxylic acid groups (broad SMARTS) is 1. The zero-order valence-electron chi connectivity index (χ0n) is 10.6. The van der Waals surface area contributed by atoms with E-state index in [2.05, 4.69) is 20.8 Å². The van der Waals surface area contributed by atoms with Crippen LogP contribution in [-0.2, 0) is 5.75 Å². The normalized spacial score (nSPS) is 11.3. The van der Waals surface area contributed by atoms with Crippen molar-refractivity contribution in [3.8, 4) is 5.75 Å². The summed E-state index contributed by atoms with van der Waals surface area (Å²) in [5, 5.41) is 8.96. The lowest BCUT2D eigenvalue weighted by atomic mass is 10.1. The van der Waals surface area contributed by atoms with Crippen LogP contribution < -0.4 is 4.74 Å².